The summed E-state index contributed by atoms with van der Waals surface area (Å²) < 4.78 is 0. The van der Waals surface area contributed by atoms with Crippen LogP contribution in [0.5, 0.6) is 0 Å². The van der Waals surface area contributed by atoms with Gasteiger partial charge in [0.25, 0.3) is 0 Å². The van der Waals surface area contributed by atoms with E-state index >= 15 is 0 Å². The lowest BCUT2D eigenvalue weighted by Gasteiger charge is -2.21. The second-order valence-electron chi connectivity index (χ2n) is 3.35. The normalized spacial score (nSPS) is 10.1. The van der Waals surface area contributed by atoms with E-state index in [-0.39, 0.29) is 5.92 Å². The molecular weight excluding hydrogens is 198 g/mol. The van der Waals surface area contributed by atoms with Crippen LogP contribution in [0, 0.1) is 5.92 Å². The van der Waals surface area contributed by atoms with E-state index in [1.54, 1.807) is 0 Å². The van der Waals surface area contributed by atoms with Gasteiger partial charge in [0.15, 0.2) is 0 Å². The molecule has 0 aliphatic carbocycles. The van der Waals surface area contributed by atoms with Gasteiger partial charge in [-0.05, 0) is 12.8 Å². The van der Waals surface area contributed by atoms with Crippen LogP contribution in [0.4, 0.5) is 0 Å². The zero-order valence-electron chi connectivity index (χ0n) is 9.32. The average Bonchev–Trinajstić information content (AvgIpc) is 2.15. The third kappa shape index (κ3) is 4.10. The number of carbonyl (C=O) groups excluding carboxylic acids is 2. The smallest absolute Gasteiger partial charge is 0.323 e. The number of hydrogen-bond donors (Lipinski definition) is 1. The van der Waals surface area contributed by atoms with Crippen molar-refractivity contribution in [3.05, 3.63) is 0 Å². The second kappa shape index (κ2) is 6.16. The molecule has 5 heteroatoms. The van der Waals surface area contributed by atoms with Gasteiger partial charge in [-0.15, -0.1) is 0 Å². The monoisotopic (exact) mass is 215 g/mol. The molecule has 0 aromatic carbocycles. The van der Waals surface area contributed by atoms with Gasteiger partial charge in [0, 0.05) is 12.8 Å². The Labute approximate surface area is 89.1 Å². The Morgan fingerprint density at radius 1 is 1.20 bits per heavy atom. The number of carbonyl (C=O) groups is 3. The molecule has 0 atom stereocenters. The minimum absolute atomic E-state index is 0.270. The highest BCUT2D eigenvalue weighted by Crippen LogP contribution is 2.12. The molecule has 0 bridgehead atoms. The summed E-state index contributed by atoms with van der Waals surface area (Å²) in [4.78, 5) is 34.1. The van der Waals surface area contributed by atoms with Gasteiger partial charge in [-0.1, -0.05) is 13.8 Å². The first-order chi connectivity index (χ1) is 6.93. The van der Waals surface area contributed by atoms with Crippen LogP contribution in [-0.2, 0) is 14.4 Å². The van der Waals surface area contributed by atoms with E-state index in [1.807, 2.05) is 13.8 Å². The molecule has 0 aliphatic rings. The summed E-state index contributed by atoms with van der Waals surface area (Å²) in [5.41, 5.74) is 0. The quantitative estimate of drug-likeness (QED) is 0.738. The van der Waals surface area contributed by atoms with Gasteiger partial charge in [0.05, 0.1) is 0 Å². The number of amides is 2. The minimum atomic E-state index is -1.18. The molecule has 0 saturated carbocycles. The van der Waals surface area contributed by atoms with E-state index < -0.39 is 24.3 Å². The fourth-order valence-electron chi connectivity index (χ4n) is 1.34. The Bertz CT molecular complexity index is 258. The van der Waals surface area contributed by atoms with Crippen LogP contribution >= 0.6 is 0 Å². The maximum atomic E-state index is 11.7. The predicted molar refractivity (Wildman–Crippen MR) is 54.1 cm³/mol. The Balaban J connectivity index is 4.68. The molecule has 0 spiro atoms. The first kappa shape index (κ1) is 13.6. The molecular formula is C10H17NO4. The lowest BCUT2D eigenvalue weighted by atomic mass is 10.0. The SMILES string of the molecule is CCC(CC)C(=O)N(CC(=O)O)C(C)=O. The van der Waals surface area contributed by atoms with Gasteiger partial charge < -0.3 is 5.11 Å². The maximum Gasteiger partial charge on any atom is 0.323 e. The molecule has 0 aromatic heterocycles. The Kier molecular flexibility index (Phi) is 5.59. The van der Waals surface area contributed by atoms with Crippen LogP contribution in [0.25, 0.3) is 0 Å². The van der Waals surface area contributed by atoms with E-state index in [1.165, 1.54) is 6.92 Å². The number of rotatable bonds is 5. The molecule has 2 amide bonds. The third-order valence-corrected chi connectivity index (χ3v) is 2.27. The molecule has 0 unspecified atom stereocenters. The van der Waals surface area contributed by atoms with Crippen molar-refractivity contribution >= 4 is 17.8 Å². The van der Waals surface area contributed by atoms with E-state index in [0.717, 1.165) is 4.90 Å². The predicted octanol–water partition coefficient (Wildman–Crippen LogP) is 0.882. The van der Waals surface area contributed by atoms with Crippen LogP contribution in [0.15, 0.2) is 0 Å². The Morgan fingerprint density at radius 2 is 1.67 bits per heavy atom. The van der Waals surface area contributed by atoms with Crippen LogP contribution < -0.4 is 0 Å². The van der Waals surface area contributed by atoms with Gasteiger partial charge >= 0.3 is 5.97 Å². The van der Waals surface area contributed by atoms with Gasteiger partial charge in [-0.25, -0.2) is 0 Å². The van der Waals surface area contributed by atoms with E-state index in [2.05, 4.69) is 0 Å². The molecule has 5 nitrogen and oxygen atoms in total. The van der Waals surface area contributed by atoms with Crippen LogP contribution in [0.1, 0.15) is 33.6 Å². The fourth-order valence-corrected chi connectivity index (χ4v) is 1.34. The number of carboxylic acid groups (broad SMARTS) is 1. The summed E-state index contributed by atoms with van der Waals surface area (Å²) in [6.07, 6.45) is 1.22. The maximum absolute atomic E-state index is 11.7. The van der Waals surface area contributed by atoms with Crippen molar-refractivity contribution in [2.24, 2.45) is 5.92 Å². The Hall–Kier alpha value is -1.39. The summed E-state index contributed by atoms with van der Waals surface area (Å²) in [6.45, 7) is 4.32. The summed E-state index contributed by atoms with van der Waals surface area (Å²) >= 11 is 0. The van der Waals surface area contributed by atoms with Gasteiger partial charge in [0.1, 0.15) is 6.54 Å². The summed E-state index contributed by atoms with van der Waals surface area (Å²) in [6, 6.07) is 0. The largest absolute Gasteiger partial charge is 0.480 e. The van der Waals surface area contributed by atoms with E-state index in [0.29, 0.717) is 12.8 Å². The lowest BCUT2D eigenvalue weighted by molar-refractivity contribution is -0.153. The van der Waals surface area contributed by atoms with Crippen molar-refractivity contribution < 1.29 is 19.5 Å². The van der Waals surface area contributed by atoms with Gasteiger partial charge in [0.2, 0.25) is 11.8 Å². The number of hydrogen-bond acceptors (Lipinski definition) is 3. The first-order valence-corrected chi connectivity index (χ1v) is 4.97. The zero-order valence-corrected chi connectivity index (χ0v) is 9.32. The molecule has 1 N–H and O–H groups in total. The number of nitrogens with zero attached hydrogens (tertiary/aromatic N) is 1. The van der Waals surface area contributed by atoms with Crippen molar-refractivity contribution in [1.82, 2.24) is 4.90 Å². The highest BCUT2D eigenvalue weighted by molar-refractivity contribution is 5.97. The molecule has 0 fully saturated rings. The summed E-state index contributed by atoms with van der Waals surface area (Å²) in [5, 5.41) is 8.56. The highest BCUT2D eigenvalue weighted by Gasteiger charge is 2.26. The second-order valence-corrected chi connectivity index (χ2v) is 3.35. The molecule has 15 heavy (non-hydrogen) atoms. The molecule has 0 aliphatic heterocycles. The standard InChI is InChI=1S/C10H17NO4/c1-4-8(5-2)10(15)11(7(3)12)6-9(13)14/h8H,4-6H2,1-3H3,(H,13,14). The number of aliphatic carboxylic acids is 1. The van der Waals surface area contributed by atoms with Crippen molar-refractivity contribution in [1.29, 1.82) is 0 Å². The minimum Gasteiger partial charge on any atom is -0.480 e. The van der Waals surface area contributed by atoms with Crippen molar-refractivity contribution in [3.8, 4) is 0 Å². The van der Waals surface area contributed by atoms with Crippen LogP contribution in [0.3, 0.4) is 0 Å². The van der Waals surface area contributed by atoms with Crippen molar-refractivity contribution in [2.45, 2.75) is 33.6 Å². The van der Waals surface area contributed by atoms with Gasteiger partial charge in [-0.3, -0.25) is 19.3 Å². The molecule has 0 saturated heterocycles. The van der Waals surface area contributed by atoms with E-state index in [4.69, 9.17) is 5.11 Å². The third-order valence-electron chi connectivity index (χ3n) is 2.27. The zero-order chi connectivity index (χ0) is 12.0. The molecule has 0 heterocycles. The van der Waals surface area contributed by atoms with Crippen molar-refractivity contribution in [3.63, 3.8) is 0 Å². The first-order valence-electron chi connectivity index (χ1n) is 4.97. The fraction of sp³-hybridized carbons (Fsp3) is 0.700. The van der Waals surface area contributed by atoms with Crippen LogP contribution in [-0.4, -0.2) is 34.3 Å². The topological polar surface area (TPSA) is 74.7 Å². The summed E-state index contributed by atoms with van der Waals surface area (Å²) in [5.74, 6) is -2.36. The molecule has 0 rings (SSSR count). The molecule has 86 valence electrons. The summed E-state index contributed by atoms with van der Waals surface area (Å²) in [7, 11) is 0. The van der Waals surface area contributed by atoms with Crippen LogP contribution in [0.2, 0.25) is 0 Å². The highest BCUT2D eigenvalue weighted by atomic mass is 16.4. The van der Waals surface area contributed by atoms with Gasteiger partial charge in [-0.2, -0.15) is 0 Å². The molecule has 0 aromatic rings. The molecule has 0 radical (unpaired) electrons. The lowest BCUT2D eigenvalue weighted by Crippen LogP contribution is -2.42. The number of carboxylic acids is 1. The number of imide groups is 1. The van der Waals surface area contributed by atoms with Crippen molar-refractivity contribution in [2.75, 3.05) is 6.54 Å². The van der Waals surface area contributed by atoms with E-state index in [9.17, 15) is 14.4 Å². The Morgan fingerprint density at radius 3 is 1.93 bits per heavy atom. The average molecular weight is 215 g/mol.